The number of hydrogen-bond acceptors (Lipinski definition) is 2. The Morgan fingerprint density at radius 2 is 1.74 bits per heavy atom. The summed E-state index contributed by atoms with van der Waals surface area (Å²) in [5.41, 5.74) is 1.21. The maximum absolute atomic E-state index is 12.3. The molecule has 0 spiro atoms. The fourth-order valence-corrected chi connectivity index (χ4v) is 1.84. The van der Waals surface area contributed by atoms with Crippen LogP contribution in [-0.2, 0) is 4.79 Å². The third-order valence-electron chi connectivity index (χ3n) is 2.70. The van der Waals surface area contributed by atoms with Gasteiger partial charge in [-0.25, -0.2) is 9.69 Å². The number of hydrogen-bond donors (Lipinski definition) is 0. The van der Waals surface area contributed by atoms with Gasteiger partial charge in [0, 0.05) is 0 Å². The standard InChI is InChI=1S/C12H11F3N2O2/c1-8-2-4-9(5-3-8)17-10(18)6-16(11(17)19)7-12(13,14)15/h2-5H,6-7H2,1H3. The summed E-state index contributed by atoms with van der Waals surface area (Å²) < 4.78 is 36.8. The molecule has 0 aromatic heterocycles. The summed E-state index contributed by atoms with van der Waals surface area (Å²) in [6.07, 6.45) is -4.51. The molecule has 1 aliphatic heterocycles. The van der Waals surface area contributed by atoms with E-state index in [-0.39, 0.29) is 5.69 Å². The van der Waals surface area contributed by atoms with Crippen molar-refractivity contribution in [3.63, 3.8) is 0 Å². The van der Waals surface area contributed by atoms with Crippen molar-refractivity contribution in [3.05, 3.63) is 29.8 Å². The lowest BCUT2D eigenvalue weighted by molar-refractivity contribution is -0.139. The highest BCUT2D eigenvalue weighted by molar-refractivity contribution is 6.19. The highest BCUT2D eigenvalue weighted by atomic mass is 19.4. The Labute approximate surface area is 107 Å². The van der Waals surface area contributed by atoms with E-state index < -0.39 is 31.2 Å². The highest BCUT2D eigenvalue weighted by Gasteiger charge is 2.42. The number of carbonyl (C=O) groups is 2. The average molecular weight is 272 g/mol. The molecule has 0 bridgehead atoms. The number of urea groups is 1. The molecule has 102 valence electrons. The number of anilines is 1. The Hall–Kier alpha value is -2.05. The van der Waals surface area contributed by atoms with Crippen LogP contribution in [0.4, 0.5) is 23.7 Å². The normalized spacial score (nSPS) is 16.4. The van der Waals surface area contributed by atoms with Crippen molar-refractivity contribution in [1.29, 1.82) is 0 Å². The molecular weight excluding hydrogens is 261 g/mol. The minimum atomic E-state index is -4.51. The third kappa shape index (κ3) is 2.86. The first-order chi connectivity index (χ1) is 8.78. The van der Waals surface area contributed by atoms with Gasteiger partial charge in [0.1, 0.15) is 13.1 Å². The highest BCUT2D eigenvalue weighted by Crippen LogP contribution is 2.25. The quantitative estimate of drug-likeness (QED) is 0.775. The lowest BCUT2D eigenvalue weighted by Gasteiger charge is -2.18. The molecule has 1 saturated heterocycles. The van der Waals surface area contributed by atoms with Gasteiger partial charge >= 0.3 is 12.2 Å². The second-order valence-electron chi connectivity index (χ2n) is 4.32. The van der Waals surface area contributed by atoms with Crippen molar-refractivity contribution < 1.29 is 22.8 Å². The Morgan fingerprint density at radius 1 is 1.16 bits per heavy atom. The first-order valence-electron chi connectivity index (χ1n) is 5.53. The van der Waals surface area contributed by atoms with E-state index in [0.717, 1.165) is 10.5 Å². The molecule has 19 heavy (non-hydrogen) atoms. The summed E-state index contributed by atoms with van der Waals surface area (Å²) >= 11 is 0. The molecule has 1 heterocycles. The SMILES string of the molecule is Cc1ccc(N2C(=O)CN(CC(F)(F)F)C2=O)cc1. The van der Waals surface area contributed by atoms with Gasteiger partial charge in [0.05, 0.1) is 5.69 Å². The topological polar surface area (TPSA) is 40.6 Å². The van der Waals surface area contributed by atoms with Crippen LogP contribution in [0.1, 0.15) is 5.56 Å². The maximum atomic E-state index is 12.3. The Balaban J connectivity index is 2.21. The van der Waals surface area contributed by atoms with Crippen LogP contribution < -0.4 is 4.90 Å². The lowest BCUT2D eigenvalue weighted by Crippen LogP contribution is -2.38. The Morgan fingerprint density at radius 3 is 2.26 bits per heavy atom. The minimum absolute atomic E-state index is 0.283. The van der Waals surface area contributed by atoms with Crippen molar-refractivity contribution in [3.8, 4) is 0 Å². The zero-order chi connectivity index (χ0) is 14.2. The molecule has 3 amide bonds. The predicted octanol–water partition coefficient (Wildman–Crippen LogP) is 2.33. The minimum Gasteiger partial charge on any atom is -0.306 e. The monoisotopic (exact) mass is 272 g/mol. The summed E-state index contributed by atoms with van der Waals surface area (Å²) in [5.74, 6) is -0.655. The van der Waals surface area contributed by atoms with E-state index in [1.54, 1.807) is 12.1 Å². The number of amides is 3. The van der Waals surface area contributed by atoms with Crippen molar-refractivity contribution in [2.45, 2.75) is 13.1 Å². The lowest BCUT2D eigenvalue weighted by atomic mass is 10.2. The predicted molar refractivity (Wildman–Crippen MR) is 61.7 cm³/mol. The van der Waals surface area contributed by atoms with Gasteiger partial charge in [-0.05, 0) is 19.1 Å². The molecule has 0 aliphatic carbocycles. The van der Waals surface area contributed by atoms with Crippen molar-refractivity contribution in [2.24, 2.45) is 0 Å². The number of halogens is 3. The van der Waals surface area contributed by atoms with Crippen LogP contribution in [0.2, 0.25) is 0 Å². The van der Waals surface area contributed by atoms with Crippen LogP contribution in [0.15, 0.2) is 24.3 Å². The van der Waals surface area contributed by atoms with Gasteiger partial charge in [0.15, 0.2) is 0 Å². The Bertz CT molecular complexity index is 511. The van der Waals surface area contributed by atoms with E-state index in [1.165, 1.54) is 12.1 Å². The molecule has 1 aromatic rings. The van der Waals surface area contributed by atoms with Crippen LogP contribution in [0.3, 0.4) is 0 Å². The van der Waals surface area contributed by atoms with Crippen LogP contribution in [0, 0.1) is 6.92 Å². The van der Waals surface area contributed by atoms with Crippen molar-refractivity contribution in [2.75, 3.05) is 18.0 Å². The Kier molecular flexibility index (Phi) is 3.21. The molecule has 0 radical (unpaired) electrons. The van der Waals surface area contributed by atoms with E-state index in [0.29, 0.717) is 4.90 Å². The first-order valence-corrected chi connectivity index (χ1v) is 5.53. The van der Waals surface area contributed by atoms with Crippen LogP contribution >= 0.6 is 0 Å². The van der Waals surface area contributed by atoms with Gasteiger partial charge in [0.2, 0.25) is 0 Å². The van der Waals surface area contributed by atoms with E-state index in [2.05, 4.69) is 0 Å². The molecular formula is C12H11F3N2O2. The number of carbonyl (C=O) groups excluding carboxylic acids is 2. The van der Waals surface area contributed by atoms with Gasteiger partial charge in [-0.3, -0.25) is 4.79 Å². The third-order valence-corrected chi connectivity index (χ3v) is 2.70. The number of rotatable bonds is 2. The second kappa shape index (κ2) is 4.56. The largest absolute Gasteiger partial charge is 0.406 e. The molecule has 1 aromatic carbocycles. The molecule has 2 rings (SSSR count). The molecule has 7 heteroatoms. The summed E-state index contributed by atoms with van der Waals surface area (Å²) in [6, 6.07) is 5.49. The van der Waals surface area contributed by atoms with Gasteiger partial charge in [-0.1, -0.05) is 17.7 Å². The second-order valence-corrected chi connectivity index (χ2v) is 4.32. The first kappa shape index (κ1) is 13.4. The van der Waals surface area contributed by atoms with Gasteiger partial charge in [0.25, 0.3) is 5.91 Å². The van der Waals surface area contributed by atoms with Gasteiger partial charge in [-0.2, -0.15) is 13.2 Å². The zero-order valence-electron chi connectivity index (χ0n) is 10.1. The molecule has 1 aliphatic rings. The zero-order valence-corrected chi connectivity index (χ0v) is 10.1. The molecule has 4 nitrogen and oxygen atoms in total. The van der Waals surface area contributed by atoms with Crippen molar-refractivity contribution >= 4 is 17.6 Å². The molecule has 0 saturated carbocycles. The summed E-state index contributed by atoms with van der Waals surface area (Å²) in [4.78, 5) is 24.7. The average Bonchev–Trinajstić information content (AvgIpc) is 2.54. The number of alkyl halides is 3. The molecule has 0 N–H and O–H groups in total. The number of benzene rings is 1. The maximum Gasteiger partial charge on any atom is 0.406 e. The van der Waals surface area contributed by atoms with Crippen LogP contribution in [0.25, 0.3) is 0 Å². The fourth-order valence-electron chi connectivity index (χ4n) is 1.84. The fraction of sp³-hybridized carbons (Fsp3) is 0.333. The summed E-state index contributed by atoms with van der Waals surface area (Å²) in [6.45, 7) is -0.139. The summed E-state index contributed by atoms with van der Waals surface area (Å²) in [7, 11) is 0. The number of imide groups is 1. The van der Waals surface area contributed by atoms with E-state index in [1.807, 2.05) is 6.92 Å². The van der Waals surface area contributed by atoms with Gasteiger partial charge < -0.3 is 4.90 Å². The van der Waals surface area contributed by atoms with Crippen LogP contribution in [-0.4, -0.2) is 36.1 Å². The summed E-state index contributed by atoms with van der Waals surface area (Å²) in [5, 5.41) is 0. The number of nitrogens with zero attached hydrogens (tertiary/aromatic N) is 2. The number of aryl methyl sites for hydroxylation is 1. The van der Waals surface area contributed by atoms with E-state index in [4.69, 9.17) is 0 Å². The molecule has 0 atom stereocenters. The smallest absolute Gasteiger partial charge is 0.306 e. The van der Waals surface area contributed by atoms with Crippen LogP contribution in [0.5, 0.6) is 0 Å². The molecule has 0 unspecified atom stereocenters. The van der Waals surface area contributed by atoms with E-state index in [9.17, 15) is 22.8 Å². The molecule has 1 fully saturated rings. The van der Waals surface area contributed by atoms with Crippen molar-refractivity contribution in [1.82, 2.24) is 4.90 Å². The van der Waals surface area contributed by atoms with E-state index >= 15 is 0 Å². The van der Waals surface area contributed by atoms with Gasteiger partial charge in [-0.15, -0.1) is 0 Å².